The molecule has 0 radical (unpaired) electrons. The van der Waals surface area contributed by atoms with Crippen LogP contribution in [0, 0.1) is 12.8 Å². The minimum atomic E-state index is -0.162. The molecule has 1 spiro atoms. The molecule has 0 aromatic carbocycles. The second-order valence-electron chi connectivity index (χ2n) is 8.77. The predicted molar refractivity (Wildman–Crippen MR) is 105 cm³/mol. The Morgan fingerprint density at radius 2 is 1.89 bits per heavy atom. The fourth-order valence-electron chi connectivity index (χ4n) is 4.94. The molecule has 3 aliphatic rings. The van der Waals surface area contributed by atoms with E-state index in [1.807, 2.05) is 29.8 Å². The maximum Gasteiger partial charge on any atom is 0.274 e. The minimum Gasteiger partial charge on any atom is -0.375 e. The predicted octanol–water partition coefficient (Wildman–Crippen LogP) is 2.14. The Balaban J connectivity index is 1.32. The van der Waals surface area contributed by atoms with Gasteiger partial charge in [-0.05, 0) is 57.4 Å². The summed E-state index contributed by atoms with van der Waals surface area (Å²) in [7, 11) is 1.86. The number of likely N-dealkylation sites (tertiary alicyclic amines) is 2. The van der Waals surface area contributed by atoms with E-state index >= 15 is 0 Å². The maximum atomic E-state index is 12.8. The number of ether oxygens (including phenoxy) is 1. The van der Waals surface area contributed by atoms with Gasteiger partial charge in [0.15, 0.2) is 5.69 Å². The Labute approximate surface area is 167 Å². The third-order valence-corrected chi connectivity index (χ3v) is 6.81. The number of carbonyl (C=O) groups excluding carboxylic acids is 2. The van der Waals surface area contributed by atoms with Crippen LogP contribution in [0.1, 0.15) is 61.1 Å². The number of hydrogen-bond donors (Lipinski definition) is 0. The summed E-state index contributed by atoms with van der Waals surface area (Å²) in [6.45, 7) is 5.93. The van der Waals surface area contributed by atoms with Gasteiger partial charge in [0, 0.05) is 51.9 Å². The van der Waals surface area contributed by atoms with Crippen molar-refractivity contribution in [2.24, 2.45) is 13.0 Å². The average molecular weight is 389 g/mol. The van der Waals surface area contributed by atoms with Crippen LogP contribution in [0.25, 0.3) is 0 Å². The summed E-state index contributed by atoms with van der Waals surface area (Å²) in [6, 6.07) is 1.85. The van der Waals surface area contributed by atoms with Gasteiger partial charge in [0.05, 0.1) is 5.60 Å². The number of carbonyl (C=O) groups is 2. The third kappa shape index (κ3) is 3.95. The topological polar surface area (TPSA) is 67.7 Å². The zero-order chi connectivity index (χ0) is 19.7. The first-order valence-electron chi connectivity index (χ1n) is 10.7. The summed E-state index contributed by atoms with van der Waals surface area (Å²) in [5.41, 5.74) is 1.35. The fraction of sp³-hybridized carbons (Fsp3) is 0.762. The molecule has 4 heterocycles. The van der Waals surface area contributed by atoms with Crippen LogP contribution < -0.4 is 0 Å². The summed E-state index contributed by atoms with van der Waals surface area (Å²) in [5, 5.41) is 4.32. The van der Waals surface area contributed by atoms with E-state index in [0.29, 0.717) is 37.0 Å². The molecule has 0 N–H and O–H groups in total. The number of aryl methyl sites for hydroxylation is 2. The standard InChI is InChI=1S/C21H32N4O3/c1-16-13-18(22-23(16)2)20(27)25-10-6-21(7-11-25)15-17(5-12-28-21)14-19(26)24-8-3-4-9-24/h13,17H,3-12,14-15H2,1-2H3. The number of aromatic nitrogens is 2. The van der Waals surface area contributed by atoms with E-state index in [2.05, 4.69) is 5.10 Å². The molecule has 0 saturated carbocycles. The molecular weight excluding hydrogens is 356 g/mol. The summed E-state index contributed by atoms with van der Waals surface area (Å²) in [6.07, 6.45) is 6.54. The lowest BCUT2D eigenvalue weighted by Crippen LogP contribution is -2.51. The monoisotopic (exact) mass is 388 g/mol. The third-order valence-electron chi connectivity index (χ3n) is 6.81. The zero-order valence-corrected chi connectivity index (χ0v) is 17.2. The highest BCUT2D eigenvalue weighted by molar-refractivity contribution is 5.92. The van der Waals surface area contributed by atoms with Crippen molar-refractivity contribution in [2.75, 3.05) is 32.8 Å². The van der Waals surface area contributed by atoms with Crippen molar-refractivity contribution < 1.29 is 14.3 Å². The van der Waals surface area contributed by atoms with Crippen LogP contribution in [0.4, 0.5) is 0 Å². The van der Waals surface area contributed by atoms with E-state index in [1.165, 1.54) is 0 Å². The van der Waals surface area contributed by atoms with Crippen LogP contribution in [0.3, 0.4) is 0 Å². The van der Waals surface area contributed by atoms with Gasteiger partial charge in [-0.25, -0.2) is 0 Å². The molecule has 3 aliphatic heterocycles. The van der Waals surface area contributed by atoms with Crippen LogP contribution in [-0.4, -0.2) is 69.8 Å². The number of hydrogen-bond acceptors (Lipinski definition) is 4. The lowest BCUT2D eigenvalue weighted by atomic mass is 9.78. The summed E-state index contributed by atoms with van der Waals surface area (Å²) in [5.74, 6) is 0.732. The van der Waals surface area contributed by atoms with Crippen molar-refractivity contribution in [1.82, 2.24) is 19.6 Å². The minimum absolute atomic E-state index is 0.00937. The normalized spacial score (nSPS) is 24.7. The molecule has 1 atom stereocenters. The Morgan fingerprint density at radius 1 is 1.18 bits per heavy atom. The van der Waals surface area contributed by atoms with Gasteiger partial charge in [-0.1, -0.05) is 0 Å². The van der Waals surface area contributed by atoms with Gasteiger partial charge in [0.25, 0.3) is 5.91 Å². The highest BCUT2D eigenvalue weighted by atomic mass is 16.5. The quantitative estimate of drug-likeness (QED) is 0.796. The van der Waals surface area contributed by atoms with Crippen LogP contribution in [0.5, 0.6) is 0 Å². The molecule has 28 heavy (non-hydrogen) atoms. The van der Waals surface area contributed by atoms with Crippen molar-refractivity contribution in [3.63, 3.8) is 0 Å². The highest BCUT2D eigenvalue weighted by Crippen LogP contribution is 2.39. The van der Waals surface area contributed by atoms with Gasteiger partial charge in [0.2, 0.25) is 5.91 Å². The van der Waals surface area contributed by atoms with Gasteiger partial charge >= 0.3 is 0 Å². The Morgan fingerprint density at radius 3 is 2.54 bits per heavy atom. The molecule has 3 fully saturated rings. The van der Waals surface area contributed by atoms with Crippen molar-refractivity contribution >= 4 is 11.8 Å². The molecule has 154 valence electrons. The molecular formula is C21H32N4O3. The molecule has 1 aromatic heterocycles. The van der Waals surface area contributed by atoms with Gasteiger partial charge in [0.1, 0.15) is 0 Å². The van der Waals surface area contributed by atoms with Crippen LogP contribution in [0.15, 0.2) is 6.07 Å². The first-order valence-corrected chi connectivity index (χ1v) is 10.7. The Hall–Kier alpha value is -1.89. The lowest BCUT2D eigenvalue weighted by molar-refractivity contribution is -0.140. The van der Waals surface area contributed by atoms with E-state index in [9.17, 15) is 9.59 Å². The fourth-order valence-corrected chi connectivity index (χ4v) is 4.94. The van der Waals surface area contributed by atoms with Gasteiger partial charge in [-0.2, -0.15) is 5.10 Å². The molecule has 1 unspecified atom stereocenters. The smallest absolute Gasteiger partial charge is 0.274 e. The molecule has 2 amide bonds. The van der Waals surface area contributed by atoms with E-state index in [0.717, 1.165) is 63.9 Å². The van der Waals surface area contributed by atoms with Crippen molar-refractivity contribution in [2.45, 2.75) is 57.5 Å². The van der Waals surface area contributed by atoms with E-state index < -0.39 is 0 Å². The largest absolute Gasteiger partial charge is 0.375 e. The number of rotatable bonds is 3. The van der Waals surface area contributed by atoms with Crippen LogP contribution in [0.2, 0.25) is 0 Å². The van der Waals surface area contributed by atoms with Gasteiger partial charge < -0.3 is 14.5 Å². The van der Waals surface area contributed by atoms with E-state index in [1.54, 1.807) is 4.68 Å². The summed E-state index contributed by atoms with van der Waals surface area (Å²) in [4.78, 5) is 29.2. The molecule has 4 rings (SSSR count). The highest BCUT2D eigenvalue weighted by Gasteiger charge is 2.42. The molecule has 3 saturated heterocycles. The number of nitrogens with zero attached hydrogens (tertiary/aromatic N) is 4. The van der Waals surface area contributed by atoms with Gasteiger partial charge in [-0.3, -0.25) is 14.3 Å². The second-order valence-corrected chi connectivity index (χ2v) is 8.77. The van der Waals surface area contributed by atoms with Crippen molar-refractivity contribution in [3.05, 3.63) is 17.5 Å². The first kappa shape index (κ1) is 19.4. The molecule has 0 bridgehead atoms. The maximum absolute atomic E-state index is 12.8. The first-order chi connectivity index (χ1) is 13.5. The average Bonchev–Trinajstić information content (AvgIpc) is 3.33. The molecule has 7 nitrogen and oxygen atoms in total. The summed E-state index contributed by atoms with van der Waals surface area (Å²) < 4.78 is 7.96. The van der Waals surface area contributed by atoms with Crippen LogP contribution >= 0.6 is 0 Å². The van der Waals surface area contributed by atoms with Gasteiger partial charge in [-0.15, -0.1) is 0 Å². The van der Waals surface area contributed by atoms with Crippen LogP contribution in [-0.2, 0) is 16.6 Å². The molecule has 1 aromatic rings. The molecule has 7 heteroatoms. The van der Waals surface area contributed by atoms with Crippen molar-refractivity contribution in [1.29, 1.82) is 0 Å². The van der Waals surface area contributed by atoms with E-state index in [4.69, 9.17) is 4.74 Å². The lowest BCUT2D eigenvalue weighted by Gasteiger charge is -2.46. The zero-order valence-electron chi connectivity index (χ0n) is 17.2. The molecule has 0 aliphatic carbocycles. The van der Waals surface area contributed by atoms with Crippen molar-refractivity contribution in [3.8, 4) is 0 Å². The SMILES string of the molecule is Cc1cc(C(=O)N2CCC3(CC2)CC(CC(=O)N2CCCC2)CCO3)nn1C. The second kappa shape index (κ2) is 7.85. The summed E-state index contributed by atoms with van der Waals surface area (Å²) >= 11 is 0. The Kier molecular flexibility index (Phi) is 5.45. The van der Waals surface area contributed by atoms with E-state index in [-0.39, 0.29) is 11.5 Å². The number of amides is 2. The number of piperidine rings is 1. The Bertz CT molecular complexity index is 711.